The highest BCUT2D eigenvalue weighted by Gasteiger charge is 2.37. The van der Waals surface area contributed by atoms with Crippen molar-refractivity contribution in [3.63, 3.8) is 0 Å². The summed E-state index contributed by atoms with van der Waals surface area (Å²) in [6.45, 7) is 1.12. The van der Waals surface area contributed by atoms with E-state index in [9.17, 15) is 24.3 Å². The van der Waals surface area contributed by atoms with Crippen LogP contribution in [0.3, 0.4) is 0 Å². The van der Waals surface area contributed by atoms with E-state index in [-0.39, 0.29) is 24.7 Å². The van der Waals surface area contributed by atoms with Crippen LogP contribution in [0.2, 0.25) is 0 Å². The van der Waals surface area contributed by atoms with Crippen LogP contribution in [0.4, 0.5) is 0 Å². The van der Waals surface area contributed by atoms with Gasteiger partial charge in [0, 0.05) is 31.4 Å². The van der Waals surface area contributed by atoms with Crippen LogP contribution in [0.1, 0.15) is 50.6 Å². The van der Waals surface area contributed by atoms with Crippen LogP contribution in [0.25, 0.3) is 0 Å². The van der Waals surface area contributed by atoms with Gasteiger partial charge in [-0.1, -0.05) is 0 Å². The van der Waals surface area contributed by atoms with Crippen molar-refractivity contribution in [2.24, 2.45) is 27.9 Å². The summed E-state index contributed by atoms with van der Waals surface area (Å²) in [7, 11) is 0. The number of aromatic nitrogens is 2. The first-order valence-corrected chi connectivity index (χ1v) is 12.8. The number of unbranched alkanes of at least 4 members (excludes halogenated alkanes) is 1. The number of carboxylic acids is 1. The number of nitrogens with one attached hydrogen (secondary N) is 3. The fraction of sp³-hybridized carbons (Fsp3) is 0.652. The molecule has 0 aliphatic carbocycles. The van der Waals surface area contributed by atoms with Crippen molar-refractivity contribution in [2.45, 2.75) is 75.5 Å². The highest BCUT2D eigenvalue weighted by atomic mass is 16.4. The molecule has 12 N–H and O–H groups in total. The zero-order valence-corrected chi connectivity index (χ0v) is 21.5. The minimum atomic E-state index is -1.22. The smallest absolute Gasteiger partial charge is 0.326 e. The number of aromatic amines is 1. The van der Waals surface area contributed by atoms with Crippen LogP contribution < -0.4 is 33.6 Å². The van der Waals surface area contributed by atoms with Crippen LogP contribution in [0.15, 0.2) is 17.5 Å². The summed E-state index contributed by atoms with van der Waals surface area (Å²) < 4.78 is 0. The lowest BCUT2D eigenvalue weighted by atomic mass is 10.1. The molecular formula is C23H40N10O5. The molecule has 38 heavy (non-hydrogen) atoms. The Morgan fingerprint density at radius 1 is 1.16 bits per heavy atom. The molecule has 0 spiro atoms. The number of hydrogen-bond acceptors (Lipinski definition) is 8. The Kier molecular flexibility index (Phi) is 12.5. The van der Waals surface area contributed by atoms with E-state index in [1.807, 2.05) is 0 Å². The molecule has 15 heteroatoms. The number of hydrogen-bond donors (Lipinski definition) is 8. The molecule has 0 radical (unpaired) electrons. The average Bonchev–Trinajstić information content (AvgIpc) is 3.57. The van der Waals surface area contributed by atoms with E-state index >= 15 is 0 Å². The van der Waals surface area contributed by atoms with Crippen molar-refractivity contribution in [2.75, 3.05) is 19.6 Å². The molecule has 1 saturated heterocycles. The fourth-order valence-corrected chi connectivity index (χ4v) is 4.28. The quantitative estimate of drug-likeness (QED) is 0.0625. The van der Waals surface area contributed by atoms with E-state index in [1.165, 1.54) is 17.4 Å². The predicted octanol–water partition coefficient (Wildman–Crippen LogP) is -2.49. The Hall–Kier alpha value is -3.72. The Labute approximate surface area is 221 Å². The van der Waals surface area contributed by atoms with E-state index < -0.39 is 42.0 Å². The van der Waals surface area contributed by atoms with Crippen molar-refractivity contribution >= 4 is 29.7 Å². The number of nitrogens with two attached hydrogens (primary N) is 4. The molecule has 0 bridgehead atoms. The van der Waals surface area contributed by atoms with Gasteiger partial charge in [0.05, 0.1) is 12.4 Å². The number of guanidine groups is 1. The third-order valence-electron chi connectivity index (χ3n) is 6.30. The Morgan fingerprint density at radius 3 is 2.55 bits per heavy atom. The second-order valence-corrected chi connectivity index (χ2v) is 9.27. The number of amides is 3. The minimum Gasteiger partial charge on any atom is -0.480 e. The van der Waals surface area contributed by atoms with Crippen LogP contribution in [0.5, 0.6) is 0 Å². The largest absolute Gasteiger partial charge is 0.480 e. The topological polar surface area (TPSA) is 261 Å². The number of carbonyl (C=O) groups excluding carboxylic acids is 3. The maximum absolute atomic E-state index is 13.2. The SMILES string of the molecule is NCCCCC(NC(=O)C1CCCN1C(=O)C(N)CCCN=C(N)N)C(=O)NC(Cc1cnc[nH]1)C(=O)O. The van der Waals surface area contributed by atoms with Gasteiger partial charge in [-0.05, 0) is 51.5 Å². The first-order valence-electron chi connectivity index (χ1n) is 12.8. The number of rotatable bonds is 16. The molecule has 1 fully saturated rings. The lowest BCUT2D eigenvalue weighted by molar-refractivity contribution is -0.143. The van der Waals surface area contributed by atoms with Crippen LogP contribution in [-0.2, 0) is 25.6 Å². The molecule has 212 valence electrons. The zero-order valence-electron chi connectivity index (χ0n) is 21.5. The number of carboxylic acid groups (broad SMARTS) is 1. The van der Waals surface area contributed by atoms with Crippen LogP contribution in [0, 0.1) is 0 Å². The van der Waals surface area contributed by atoms with Gasteiger partial charge in [-0.25, -0.2) is 9.78 Å². The third kappa shape index (κ3) is 9.63. The molecule has 0 saturated carbocycles. The van der Waals surface area contributed by atoms with Crippen molar-refractivity contribution in [3.05, 3.63) is 18.2 Å². The second kappa shape index (κ2) is 15.5. The lowest BCUT2D eigenvalue weighted by Crippen LogP contribution is -2.56. The Balaban J connectivity index is 2.04. The fourth-order valence-electron chi connectivity index (χ4n) is 4.28. The highest BCUT2D eigenvalue weighted by molar-refractivity contribution is 5.94. The van der Waals surface area contributed by atoms with Gasteiger partial charge < -0.3 is 48.6 Å². The Morgan fingerprint density at radius 2 is 1.92 bits per heavy atom. The molecule has 0 aromatic carbocycles. The molecule has 2 heterocycles. The summed E-state index contributed by atoms with van der Waals surface area (Å²) in [5.74, 6) is -2.74. The average molecular weight is 537 g/mol. The van der Waals surface area contributed by atoms with Gasteiger partial charge in [-0.3, -0.25) is 19.4 Å². The van der Waals surface area contributed by atoms with Gasteiger partial charge in [-0.2, -0.15) is 0 Å². The lowest BCUT2D eigenvalue weighted by Gasteiger charge is -2.28. The molecule has 4 unspecified atom stereocenters. The van der Waals surface area contributed by atoms with Crippen molar-refractivity contribution in [1.82, 2.24) is 25.5 Å². The Bertz CT molecular complexity index is 950. The van der Waals surface area contributed by atoms with Crippen LogP contribution >= 0.6 is 0 Å². The summed E-state index contributed by atoms with van der Waals surface area (Å²) in [5.41, 5.74) is 22.8. The molecule has 1 aromatic heterocycles. The summed E-state index contributed by atoms with van der Waals surface area (Å²) >= 11 is 0. The van der Waals surface area contributed by atoms with Crippen molar-refractivity contribution in [3.8, 4) is 0 Å². The molecule has 3 amide bonds. The predicted molar refractivity (Wildman–Crippen MR) is 139 cm³/mol. The summed E-state index contributed by atoms with van der Waals surface area (Å²) in [5, 5.41) is 14.8. The van der Waals surface area contributed by atoms with Gasteiger partial charge in [-0.15, -0.1) is 0 Å². The molecule has 4 atom stereocenters. The van der Waals surface area contributed by atoms with Gasteiger partial charge in [0.15, 0.2) is 5.96 Å². The second-order valence-electron chi connectivity index (χ2n) is 9.27. The van der Waals surface area contributed by atoms with E-state index in [0.29, 0.717) is 63.9 Å². The number of likely N-dealkylation sites (tertiary alicyclic amines) is 1. The van der Waals surface area contributed by atoms with E-state index in [2.05, 4.69) is 25.6 Å². The normalized spacial score (nSPS) is 17.3. The third-order valence-corrected chi connectivity index (χ3v) is 6.30. The monoisotopic (exact) mass is 536 g/mol. The first kappa shape index (κ1) is 30.5. The molecular weight excluding hydrogens is 496 g/mol. The molecule has 1 aliphatic rings. The maximum Gasteiger partial charge on any atom is 0.326 e. The van der Waals surface area contributed by atoms with E-state index in [1.54, 1.807) is 0 Å². The van der Waals surface area contributed by atoms with Crippen molar-refractivity contribution < 1.29 is 24.3 Å². The zero-order chi connectivity index (χ0) is 28.1. The van der Waals surface area contributed by atoms with Gasteiger partial charge >= 0.3 is 5.97 Å². The number of imidazole rings is 1. The van der Waals surface area contributed by atoms with Crippen LogP contribution in [-0.4, -0.2) is 93.4 Å². The van der Waals surface area contributed by atoms with E-state index in [4.69, 9.17) is 22.9 Å². The minimum absolute atomic E-state index is 0.00346. The first-order chi connectivity index (χ1) is 18.1. The number of carbonyl (C=O) groups is 4. The van der Waals surface area contributed by atoms with E-state index in [0.717, 1.165) is 0 Å². The highest BCUT2D eigenvalue weighted by Crippen LogP contribution is 2.20. The molecule has 1 aliphatic heterocycles. The summed E-state index contributed by atoms with van der Waals surface area (Å²) in [6.07, 6.45) is 6.19. The molecule has 15 nitrogen and oxygen atoms in total. The van der Waals surface area contributed by atoms with Crippen molar-refractivity contribution in [1.29, 1.82) is 0 Å². The summed E-state index contributed by atoms with van der Waals surface area (Å²) in [4.78, 5) is 63.0. The number of H-pyrrole nitrogens is 1. The maximum atomic E-state index is 13.2. The number of aliphatic imine (C=N–C) groups is 1. The van der Waals surface area contributed by atoms with Gasteiger partial charge in [0.1, 0.15) is 18.1 Å². The molecule has 2 rings (SSSR count). The number of nitrogens with zero attached hydrogens (tertiary/aromatic N) is 3. The molecule has 1 aromatic rings. The van der Waals surface area contributed by atoms with Gasteiger partial charge in [0.2, 0.25) is 17.7 Å². The summed E-state index contributed by atoms with van der Waals surface area (Å²) in [6, 6.07) is -3.82. The van der Waals surface area contributed by atoms with Gasteiger partial charge in [0.25, 0.3) is 0 Å². The standard InChI is InChI=1S/C23H40N10O5/c24-8-2-1-6-16(19(34)32-17(22(37)38)11-14-12-28-13-30-14)31-20(35)18-7-4-10-33(18)21(36)15(25)5-3-9-29-23(26)27/h12-13,15-18H,1-11,24-25H2,(H,28,30)(H,31,35)(H,32,34)(H,37,38)(H4,26,27,29). The number of aliphatic carboxylic acids is 1.